The molecular weight excluding hydrogens is 616 g/mol. The van der Waals surface area contributed by atoms with Crippen molar-refractivity contribution in [3.05, 3.63) is 77.6 Å². The highest BCUT2D eigenvalue weighted by atomic mass is 32.2. The van der Waals surface area contributed by atoms with Gasteiger partial charge in [0.25, 0.3) is 10.1 Å². The molecule has 0 bridgehead atoms. The maximum atomic E-state index is 12.1. The van der Waals surface area contributed by atoms with Crippen LogP contribution in [0.1, 0.15) is 76.5 Å². The highest BCUT2D eigenvalue weighted by Crippen LogP contribution is 2.31. The normalized spacial score (nSPS) is 21.0. The minimum atomic E-state index is -3.83. The van der Waals surface area contributed by atoms with E-state index in [0.29, 0.717) is 30.6 Å². The third-order valence-electron chi connectivity index (χ3n) is 8.45. The molecule has 3 heterocycles. The number of carbonyl (C=O) groups is 2. The summed E-state index contributed by atoms with van der Waals surface area (Å²) >= 11 is 0. The van der Waals surface area contributed by atoms with Gasteiger partial charge in [0.1, 0.15) is 18.8 Å². The van der Waals surface area contributed by atoms with Crippen LogP contribution in [-0.4, -0.2) is 49.1 Å². The molecule has 10 heteroatoms. The predicted molar refractivity (Wildman–Crippen MR) is 180 cm³/mol. The van der Waals surface area contributed by atoms with Gasteiger partial charge in [-0.1, -0.05) is 75.2 Å². The average molecular weight is 665 g/mol. The van der Waals surface area contributed by atoms with Crippen LogP contribution in [0.5, 0.6) is 0 Å². The van der Waals surface area contributed by atoms with Crippen LogP contribution in [0, 0.1) is 37.5 Å². The Kier molecular flexibility index (Phi) is 12.7. The monoisotopic (exact) mass is 664 g/mol. The number of aromatic nitrogens is 2. The van der Waals surface area contributed by atoms with Crippen LogP contribution in [0.3, 0.4) is 0 Å². The second-order valence-corrected chi connectivity index (χ2v) is 15.2. The van der Waals surface area contributed by atoms with Gasteiger partial charge in [0.2, 0.25) is 0 Å². The molecule has 2 aliphatic heterocycles. The maximum absolute atomic E-state index is 12.1. The molecule has 2 aromatic carbocycles. The van der Waals surface area contributed by atoms with Gasteiger partial charge in [-0.3, -0.25) is 13.8 Å². The van der Waals surface area contributed by atoms with E-state index in [1.165, 1.54) is 17.7 Å². The molecule has 2 unspecified atom stereocenters. The zero-order valence-electron chi connectivity index (χ0n) is 28.3. The van der Waals surface area contributed by atoms with Gasteiger partial charge in [-0.25, -0.2) is 9.97 Å². The second kappa shape index (κ2) is 16.5. The smallest absolute Gasteiger partial charge is 0.306 e. The maximum Gasteiger partial charge on any atom is 0.306 e. The number of cyclic esters (lactones) is 2. The fraction of sp³-hybridized carbons (Fsp3) is 0.514. The molecule has 0 N–H and O–H groups in total. The van der Waals surface area contributed by atoms with Crippen LogP contribution >= 0.6 is 0 Å². The molecule has 0 radical (unpaired) electrons. The lowest BCUT2D eigenvalue weighted by atomic mass is 9.89. The summed E-state index contributed by atoms with van der Waals surface area (Å²) in [7, 11) is -3.83. The van der Waals surface area contributed by atoms with Gasteiger partial charge in [0, 0.05) is 29.8 Å². The van der Waals surface area contributed by atoms with Crippen LogP contribution < -0.4 is 0 Å². The summed E-state index contributed by atoms with van der Waals surface area (Å²) in [4.78, 5) is 32.2. The van der Waals surface area contributed by atoms with Crippen molar-refractivity contribution in [2.75, 3.05) is 6.61 Å². The fourth-order valence-electron chi connectivity index (χ4n) is 6.04. The third-order valence-corrected chi connectivity index (χ3v) is 9.75. The first kappa shape index (κ1) is 36.2. The lowest BCUT2D eigenvalue weighted by molar-refractivity contribution is -0.143. The number of carbonyl (C=O) groups excluding carboxylic acids is 2. The van der Waals surface area contributed by atoms with E-state index in [0.717, 1.165) is 48.2 Å². The van der Waals surface area contributed by atoms with E-state index in [4.69, 9.17) is 13.7 Å². The van der Waals surface area contributed by atoms with Gasteiger partial charge in [-0.15, -0.1) is 0 Å². The van der Waals surface area contributed by atoms with Crippen molar-refractivity contribution < 1.29 is 31.7 Å². The zero-order chi connectivity index (χ0) is 34.1. The lowest BCUT2D eigenvalue weighted by Gasteiger charge is -2.19. The third kappa shape index (κ3) is 11.0. The molecule has 2 saturated heterocycles. The number of rotatable bonds is 12. The molecule has 0 aliphatic carbocycles. The molecule has 0 amide bonds. The number of hydrogen-bond acceptors (Lipinski definition) is 9. The Balaban J connectivity index is 0.000000215. The van der Waals surface area contributed by atoms with Crippen LogP contribution in [0.15, 0.2) is 65.8 Å². The van der Waals surface area contributed by atoms with Crippen molar-refractivity contribution in [1.82, 2.24) is 9.97 Å². The van der Waals surface area contributed by atoms with E-state index in [1.807, 2.05) is 31.5 Å². The van der Waals surface area contributed by atoms with Crippen molar-refractivity contribution in [2.24, 2.45) is 23.7 Å². The Morgan fingerprint density at radius 1 is 0.766 bits per heavy atom. The Labute approximate surface area is 279 Å². The van der Waals surface area contributed by atoms with E-state index in [2.05, 4.69) is 56.7 Å². The standard InChI is InChI=1S/C21H26N2O2.C16H22O5S/c1-14(2)10-18-11-20(24)25-19(18)9-6-16-12-22-21(23-13-16)17-7-4-15(3)5-8-17;1-11(2)8-13-9-16(17)21-15(13)10-20-22(18,19)14-6-4-12(3)5-7-14/h4-5,7-8,12-14,18-19H,6,9-11H2,1-3H3;4-7,11,13,15H,8-10H2,1-3H3/t18?,19-;13?,15-/m01/s1. The van der Waals surface area contributed by atoms with Gasteiger partial charge in [0.15, 0.2) is 5.82 Å². The van der Waals surface area contributed by atoms with Crippen LogP contribution in [0.2, 0.25) is 0 Å². The van der Waals surface area contributed by atoms with E-state index in [1.54, 1.807) is 12.1 Å². The topological polar surface area (TPSA) is 122 Å². The molecule has 4 atom stereocenters. The number of ether oxygens (including phenoxy) is 2. The number of esters is 2. The van der Waals surface area contributed by atoms with Crippen LogP contribution in [0.25, 0.3) is 11.4 Å². The molecule has 0 spiro atoms. The van der Waals surface area contributed by atoms with Crippen LogP contribution in [-0.2, 0) is 39.8 Å². The van der Waals surface area contributed by atoms with Gasteiger partial charge < -0.3 is 9.47 Å². The Hall–Kier alpha value is -3.63. The minimum Gasteiger partial charge on any atom is -0.462 e. The van der Waals surface area contributed by atoms with Gasteiger partial charge in [0.05, 0.1) is 17.7 Å². The highest BCUT2D eigenvalue weighted by molar-refractivity contribution is 7.86. The summed E-state index contributed by atoms with van der Waals surface area (Å²) < 4.78 is 40.1. The van der Waals surface area contributed by atoms with E-state index in [-0.39, 0.29) is 35.5 Å². The summed E-state index contributed by atoms with van der Waals surface area (Å²) in [5.41, 5.74) is 4.31. The predicted octanol–water partition coefficient (Wildman–Crippen LogP) is 7.04. The molecular formula is C37H48N2O7S. The Morgan fingerprint density at radius 3 is 1.79 bits per heavy atom. The molecule has 5 rings (SSSR count). The minimum absolute atomic E-state index is 0.0146. The first-order valence-electron chi connectivity index (χ1n) is 16.5. The first-order valence-corrected chi connectivity index (χ1v) is 17.9. The Bertz CT molecular complexity index is 1570. The molecule has 1 aromatic heterocycles. The van der Waals surface area contributed by atoms with Crippen molar-refractivity contribution >= 4 is 22.1 Å². The molecule has 2 aliphatic rings. The largest absolute Gasteiger partial charge is 0.462 e. The number of hydrogen-bond donors (Lipinski definition) is 0. The molecule has 9 nitrogen and oxygen atoms in total. The van der Waals surface area contributed by atoms with Crippen molar-refractivity contribution in [3.8, 4) is 11.4 Å². The van der Waals surface area contributed by atoms with Gasteiger partial charge in [-0.05, 0) is 69.1 Å². The molecule has 2 fully saturated rings. The Morgan fingerprint density at radius 2 is 1.26 bits per heavy atom. The lowest BCUT2D eigenvalue weighted by Crippen LogP contribution is -2.25. The summed E-state index contributed by atoms with van der Waals surface area (Å²) in [6, 6.07) is 14.7. The number of benzene rings is 2. The zero-order valence-corrected chi connectivity index (χ0v) is 29.2. The van der Waals surface area contributed by atoms with Gasteiger partial charge in [-0.2, -0.15) is 8.42 Å². The first-order chi connectivity index (χ1) is 22.3. The van der Waals surface area contributed by atoms with Crippen molar-refractivity contribution in [3.63, 3.8) is 0 Å². The summed E-state index contributed by atoms with van der Waals surface area (Å²) in [5.74, 6) is 1.76. The number of aryl methyl sites for hydroxylation is 3. The van der Waals surface area contributed by atoms with Crippen molar-refractivity contribution in [2.45, 2.75) is 97.2 Å². The highest BCUT2D eigenvalue weighted by Gasteiger charge is 2.37. The number of nitrogens with zero attached hydrogens (tertiary/aromatic N) is 2. The van der Waals surface area contributed by atoms with Crippen molar-refractivity contribution in [1.29, 1.82) is 0 Å². The summed E-state index contributed by atoms with van der Waals surface area (Å²) in [6.07, 6.45) is 7.73. The molecule has 0 saturated carbocycles. The van der Waals surface area contributed by atoms with E-state index < -0.39 is 16.2 Å². The van der Waals surface area contributed by atoms with Crippen LogP contribution in [0.4, 0.5) is 0 Å². The SMILES string of the molecule is Cc1ccc(-c2ncc(CC[C@@H]3OC(=O)CC3CC(C)C)cn2)cc1.Cc1ccc(S(=O)(=O)OC[C@H]2OC(=O)CC2CC(C)C)cc1. The summed E-state index contributed by atoms with van der Waals surface area (Å²) in [5, 5.41) is 0. The molecule has 254 valence electrons. The molecule has 3 aromatic rings. The van der Waals surface area contributed by atoms with Gasteiger partial charge >= 0.3 is 11.9 Å². The second-order valence-electron chi connectivity index (χ2n) is 13.6. The molecule has 47 heavy (non-hydrogen) atoms. The summed E-state index contributed by atoms with van der Waals surface area (Å²) in [6.45, 7) is 12.3. The average Bonchev–Trinajstić information content (AvgIpc) is 3.55. The fourth-order valence-corrected chi connectivity index (χ4v) is 6.96. The van der Waals surface area contributed by atoms with E-state index >= 15 is 0 Å². The quantitative estimate of drug-likeness (QED) is 0.148. The van der Waals surface area contributed by atoms with E-state index in [9.17, 15) is 18.0 Å².